The van der Waals surface area contributed by atoms with Gasteiger partial charge in [-0.15, -0.1) is 0 Å². The van der Waals surface area contributed by atoms with Crippen LogP contribution in [0.4, 0.5) is 15.8 Å². The number of nitrogens with zero attached hydrogens (tertiary/aromatic N) is 1. The summed E-state index contributed by atoms with van der Waals surface area (Å²) in [6.07, 6.45) is 0.0536. The molecule has 0 saturated heterocycles. The van der Waals surface area contributed by atoms with Crippen molar-refractivity contribution in [3.8, 4) is 5.75 Å². The summed E-state index contributed by atoms with van der Waals surface area (Å²) in [7, 11) is 0. The first kappa shape index (κ1) is 20.0. The summed E-state index contributed by atoms with van der Waals surface area (Å²) in [6, 6.07) is 17.2. The minimum Gasteiger partial charge on any atom is -0.491 e. The van der Waals surface area contributed by atoms with Crippen LogP contribution in [-0.4, -0.2) is 22.9 Å². The summed E-state index contributed by atoms with van der Waals surface area (Å²) in [4.78, 5) is 28.9. The summed E-state index contributed by atoms with van der Waals surface area (Å²) in [5.41, 5.74) is 0.669. The fraction of sp³-hybridized carbons (Fsp3) is 0.136. The Labute approximate surface area is 167 Å². The van der Waals surface area contributed by atoms with Gasteiger partial charge in [-0.1, -0.05) is 18.2 Å². The van der Waals surface area contributed by atoms with E-state index in [1.54, 1.807) is 30.3 Å². The number of pyridine rings is 1. The van der Waals surface area contributed by atoms with Crippen molar-refractivity contribution in [1.29, 1.82) is 0 Å². The molecule has 29 heavy (non-hydrogen) atoms. The maximum Gasteiger partial charge on any atom is 0.274 e. The highest BCUT2D eigenvalue weighted by Crippen LogP contribution is 2.18. The monoisotopic (exact) mass is 393 g/mol. The molecule has 0 bridgehead atoms. The molecule has 0 spiro atoms. The predicted octanol–water partition coefficient (Wildman–Crippen LogP) is 4.51. The second-order valence-electron chi connectivity index (χ2n) is 6.49. The van der Waals surface area contributed by atoms with Crippen LogP contribution in [0.5, 0.6) is 5.75 Å². The minimum atomic E-state index is -0.611. The van der Waals surface area contributed by atoms with Crippen LogP contribution in [0.3, 0.4) is 0 Å². The van der Waals surface area contributed by atoms with Crippen LogP contribution < -0.4 is 15.4 Å². The Morgan fingerprint density at radius 2 is 1.48 bits per heavy atom. The molecule has 2 N–H and O–H groups in total. The molecule has 3 aromatic rings. The third-order valence-corrected chi connectivity index (χ3v) is 3.82. The number of hydrogen-bond acceptors (Lipinski definition) is 4. The molecule has 0 saturated carbocycles. The van der Waals surface area contributed by atoms with E-state index in [1.165, 1.54) is 36.4 Å². The van der Waals surface area contributed by atoms with Crippen molar-refractivity contribution in [2.45, 2.75) is 20.0 Å². The Hall–Kier alpha value is -3.74. The number of aromatic nitrogens is 1. The molecule has 0 unspecified atom stereocenters. The van der Waals surface area contributed by atoms with E-state index >= 15 is 0 Å². The van der Waals surface area contributed by atoms with Crippen LogP contribution in [-0.2, 0) is 0 Å². The van der Waals surface area contributed by atoms with Crippen molar-refractivity contribution in [2.75, 3.05) is 10.6 Å². The van der Waals surface area contributed by atoms with E-state index in [0.29, 0.717) is 11.4 Å². The lowest BCUT2D eigenvalue weighted by molar-refractivity contribution is 0.101. The Morgan fingerprint density at radius 1 is 0.862 bits per heavy atom. The minimum absolute atomic E-state index is 0.00147. The van der Waals surface area contributed by atoms with Crippen molar-refractivity contribution in [3.05, 3.63) is 83.9 Å². The summed E-state index contributed by atoms with van der Waals surface area (Å²) in [6.45, 7) is 3.85. The van der Waals surface area contributed by atoms with Crippen LogP contribution >= 0.6 is 0 Å². The van der Waals surface area contributed by atoms with Gasteiger partial charge in [-0.2, -0.15) is 0 Å². The molecule has 7 heteroatoms. The highest BCUT2D eigenvalue weighted by molar-refractivity contribution is 6.06. The number of hydrogen-bond donors (Lipinski definition) is 2. The SMILES string of the molecule is CC(C)Oc1ccc(NC(=O)c2cccc(C(=O)Nc3ccccc3F)n2)cc1. The average molecular weight is 393 g/mol. The molecule has 0 aliphatic heterocycles. The molecule has 0 fully saturated rings. The summed E-state index contributed by atoms with van der Waals surface area (Å²) in [5.74, 6) is -0.939. The lowest BCUT2D eigenvalue weighted by Crippen LogP contribution is -2.19. The van der Waals surface area contributed by atoms with Gasteiger partial charge < -0.3 is 15.4 Å². The summed E-state index contributed by atoms with van der Waals surface area (Å²) in [5, 5.41) is 5.16. The fourth-order valence-corrected chi connectivity index (χ4v) is 2.52. The summed E-state index contributed by atoms with van der Waals surface area (Å²) >= 11 is 0. The number of benzene rings is 2. The zero-order valence-corrected chi connectivity index (χ0v) is 16.0. The van der Waals surface area contributed by atoms with Gasteiger partial charge in [-0.3, -0.25) is 9.59 Å². The van der Waals surface area contributed by atoms with E-state index < -0.39 is 17.6 Å². The molecule has 0 aliphatic rings. The van der Waals surface area contributed by atoms with Gasteiger partial charge in [0.25, 0.3) is 11.8 Å². The zero-order valence-electron chi connectivity index (χ0n) is 16.0. The van der Waals surface area contributed by atoms with E-state index in [2.05, 4.69) is 15.6 Å². The number of amides is 2. The van der Waals surface area contributed by atoms with Crippen LogP contribution in [0.15, 0.2) is 66.7 Å². The third-order valence-electron chi connectivity index (χ3n) is 3.82. The van der Waals surface area contributed by atoms with Gasteiger partial charge in [-0.25, -0.2) is 9.37 Å². The number of nitrogens with one attached hydrogen (secondary N) is 2. The number of ether oxygens (including phenoxy) is 1. The summed E-state index contributed by atoms with van der Waals surface area (Å²) < 4.78 is 19.3. The molecule has 6 nitrogen and oxygen atoms in total. The average Bonchev–Trinajstić information content (AvgIpc) is 2.71. The van der Waals surface area contributed by atoms with Crippen molar-refractivity contribution in [2.24, 2.45) is 0 Å². The van der Waals surface area contributed by atoms with E-state index in [1.807, 2.05) is 13.8 Å². The molecule has 2 aromatic carbocycles. The van der Waals surface area contributed by atoms with Gasteiger partial charge >= 0.3 is 0 Å². The Kier molecular flexibility index (Phi) is 6.19. The number of carbonyl (C=O) groups excluding carboxylic acids is 2. The molecule has 0 atom stereocenters. The number of halogens is 1. The Bertz CT molecular complexity index is 1020. The standard InChI is InChI=1S/C22H20FN3O3/c1-14(2)29-16-12-10-15(11-13-16)24-21(27)19-8-5-9-20(25-19)22(28)26-18-7-4-3-6-17(18)23/h3-14H,1-2H3,(H,24,27)(H,26,28). The van der Waals surface area contributed by atoms with Gasteiger partial charge in [0, 0.05) is 5.69 Å². The van der Waals surface area contributed by atoms with E-state index in [-0.39, 0.29) is 23.2 Å². The van der Waals surface area contributed by atoms with Gasteiger partial charge in [-0.05, 0) is 62.4 Å². The maximum absolute atomic E-state index is 13.7. The molecular weight excluding hydrogens is 373 g/mol. The smallest absolute Gasteiger partial charge is 0.274 e. The lowest BCUT2D eigenvalue weighted by Gasteiger charge is -2.11. The van der Waals surface area contributed by atoms with Crippen LogP contribution in [0.25, 0.3) is 0 Å². The number of carbonyl (C=O) groups is 2. The normalized spacial score (nSPS) is 10.5. The molecule has 0 radical (unpaired) electrons. The fourth-order valence-electron chi connectivity index (χ4n) is 2.52. The van der Waals surface area contributed by atoms with E-state index in [9.17, 15) is 14.0 Å². The van der Waals surface area contributed by atoms with Crippen molar-refractivity contribution in [3.63, 3.8) is 0 Å². The number of para-hydroxylation sites is 1. The van der Waals surface area contributed by atoms with Crippen molar-refractivity contribution in [1.82, 2.24) is 4.98 Å². The van der Waals surface area contributed by atoms with Gasteiger partial charge in [0.2, 0.25) is 0 Å². The topological polar surface area (TPSA) is 80.3 Å². The molecule has 3 rings (SSSR count). The maximum atomic E-state index is 13.7. The molecule has 1 aromatic heterocycles. The van der Waals surface area contributed by atoms with Crippen molar-refractivity contribution >= 4 is 23.2 Å². The third kappa shape index (κ3) is 5.38. The zero-order chi connectivity index (χ0) is 20.8. The predicted molar refractivity (Wildman–Crippen MR) is 109 cm³/mol. The Balaban J connectivity index is 1.69. The first-order chi connectivity index (χ1) is 13.9. The first-order valence-electron chi connectivity index (χ1n) is 9.03. The highest BCUT2D eigenvalue weighted by Gasteiger charge is 2.14. The number of anilines is 2. The number of rotatable bonds is 6. The largest absolute Gasteiger partial charge is 0.491 e. The van der Waals surface area contributed by atoms with Gasteiger partial charge in [0.1, 0.15) is 23.0 Å². The second-order valence-corrected chi connectivity index (χ2v) is 6.49. The molecular formula is C22H20FN3O3. The molecule has 1 heterocycles. The van der Waals surface area contributed by atoms with Crippen LogP contribution in [0, 0.1) is 5.82 Å². The van der Waals surface area contributed by atoms with Crippen LogP contribution in [0.1, 0.15) is 34.8 Å². The van der Waals surface area contributed by atoms with Crippen LogP contribution in [0.2, 0.25) is 0 Å². The molecule has 0 aliphatic carbocycles. The molecule has 148 valence electrons. The highest BCUT2D eigenvalue weighted by atomic mass is 19.1. The first-order valence-corrected chi connectivity index (χ1v) is 9.03. The van der Waals surface area contributed by atoms with E-state index in [0.717, 1.165) is 0 Å². The van der Waals surface area contributed by atoms with Crippen molar-refractivity contribution < 1.29 is 18.7 Å². The Morgan fingerprint density at radius 3 is 2.10 bits per heavy atom. The van der Waals surface area contributed by atoms with Gasteiger partial charge in [0.15, 0.2) is 0 Å². The molecule has 2 amide bonds. The lowest BCUT2D eigenvalue weighted by atomic mass is 10.2. The van der Waals surface area contributed by atoms with Gasteiger partial charge in [0.05, 0.1) is 11.8 Å². The van der Waals surface area contributed by atoms with E-state index in [4.69, 9.17) is 4.74 Å². The quantitative estimate of drug-likeness (QED) is 0.646. The second kappa shape index (κ2) is 8.97.